The van der Waals surface area contributed by atoms with E-state index in [0.29, 0.717) is 23.1 Å². The summed E-state index contributed by atoms with van der Waals surface area (Å²) in [5, 5.41) is 7.23. The van der Waals surface area contributed by atoms with Crippen molar-refractivity contribution in [2.24, 2.45) is 0 Å². The van der Waals surface area contributed by atoms with E-state index in [1.807, 2.05) is 4.57 Å². The lowest BCUT2D eigenvalue weighted by Crippen LogP contribution is -2.45. The number of nitrogens with zero attached hydrogens (tertiary/aromatic N) is 7. The largest absolute Gasteiger partial charge is 0.433 e. The summed E-state index contributed by atoms with van der Waals surface area (Å²) in [6.07, 6.45) is -2.68. The van der Waals surface area contributed by atoms with Crippen LogP contribution in [0.3, 0.4) is 0 Å². The number of alkyl halides is 6. The Labute approximate surface area is 200 Å². The predicted octanol–water partition coefficient (Wildman–Crippen LogP) is 4.47. The fourth-order valence-electron chi connectivity index (χ4n) is 4.17. The van der Waals surface area contributed by atoms with E-state index in [2.05, 4.69) is 25.4 Å². The van der Waals surface area contributed by atoms with E-state index in [1.165, 1.54) is 11.0 Å². The highest BCUT2D eigenvalue weighted by atomic mass is 19.4. The SMILES string of the molecule is C[C@H]1Cn2ccc3nc(NCc4cnn(Cc5ccc(C(F)(F)F)nc5)c4)nc(c32)N1CC(F)(F)F. The zero-order valence-electron chi connectivity index (χ0n) is 18.8. The zero-order chi connectivity index (χ0) is 25.7. The van der Waals surface area contributed by atoms with Gasteiger partial charge in [0.2, 0.25) is 5.95 Å². The van der Waals surface area contributed by atoms with Crippen molar-refractivity contribution in [2.75, 3.05) is 16.8 Å². The second kappa shape index (κ2) is 8.68. The molecule has 5 heterocycles. The van der Waals surface area contributed by atoms with E-state index < -0.39 is 30.6 Å². The van der Waals surface area contributed by atoms with Crippen molar-refractivity contribution in [3.63, 3.8) is 0 Å². The van der Waals surface area contributed by atoms with Crippen molar-refractivity contribution in [1.29, 1.82) is 0 Å². The highest BCUT2D eigenvalue weighted by molar-refractivity contribution is 5.89. The Morgan fingerprint density at radius 3 is 2.53 bits per heavy atom. The Kier molecular flexibility index (Phi) is 5.75. The third kappa shape index (κ3) is 4.93. The smallest absolute Gasteiger partial charge is 0.350 e. The lowest BCUT2D eigenvalue weighted by atomic mass is 10.2. The third-order valence-corrected chi connectivity index (χ3v) is 5.80. The van der Waals surface area contributed by atoms with Crippen LogP contribution in [0.1, 0.15) is 23.7 Å². The van der Waals surface area contributed by atoms with E-state index in [1.54, 1.807) is 36.3 Å². The van der Waals surface area contributed by atoms with Crippen LogP contribution in [0.2, 0.25) is 0 Å². The number of aromatic nitrogens is 6. The van der Waals surface area contributed by atoms with Crippen LogP contribution in [-0.4, -0.2) is 48.1 Å². The Morgan fingerprint density at radius 2 is 1.83 bits per heavy atom. The highest BCUT2D eigenvalue weighted by Crippen LogP contribution is 2.34. The minimum absolute atomic E-state index is 0.177. The van der Waals surface area contributed by atoms with Crippen molar-refractivity contribution < 1.29 is 26.3 Å². The van der Waals surface area contributed by atoms with Gasteiger partial charge in [0, 0.05) is 43.3 Å². The molecule has 190 valence electrons. The van der Waals surface area contributed by atoms with Gasteiger partial charge in [-0.25, -0.2) is 4.98 Å². The maximum absolute atomic E-state index is 13.2. The number of anilines is 2. The van der Waals surface area contributed by atoms with Crippen molar-refractivity contribution in [3.05, 3.63) is 59.8 Å². The number of pyridine rings is 1. The fourth-order valence-corrected chi connectivity index (χ4v) is 4.17. The van der Waals surface area contributed by atoms with Crippen LogP contribution in [0.25, 0.3) is 11.0 Å². The molecule has 0 saturated carbocycles. The molecule has 1 aliphatic rings. The van der Waals surface area contributed by atoms with E-state index in [9.17, 15) is 26.3 Å². The fraction of sp³-hybridized carbons (Fsp3) is 0.364. The monoisotopic (exact) mass is 510 g/mol. The van der Waals surface area contributed by atoms with Crippen LogP contribution in [0.4, 0.5) is 38.1 Å². The van der Waals surface area contributed by atoms with E-state index in [4.69, 9.17) is 0 Å². The molecule has 4 aromatic rings. The molecule has 0 radical (unpaired) electrons. The molecule has 1 aliphatic heterocycles. The molecule has 8 nitrogen and oxygen atoms in total. The van der Waals surface area contributed by atoms with Gasteiger partial charge in [-0.15, -0.1) is 0 Å². The average Bonchev–Trinajstić information content (AvgIpc) is 3.41. The first kappa shape index (κ1) is 23.9. The first-order valence-corrected chi connectivity index (χ1v) is 10.9. The van der Waals surface area contributed by atoms with Crippen LogP contribution < -0.4 is 10.2 Å². The quantitative estimate of drug-likeness (QED) is 0.386. The first-order chi connectivity index (χ1) is 17.0. The Balaban J connectivity index is 1.30. The second-order valence-corrected chi connectivity index (χ2v) is 8.61. The molecule has 0 amide bonds. The van der Waals surface area contributed by atoms with Gasteiger partial charge in [-0.3, -0.25) is 9.67 Å². The standard InChI is InChI=1S/C22H20F6N8/c1-13-9-34-5-4-16-18(34)19(36(13)12-21(23,24)25)33-20(32-16)30-7-15-8-31-35(11-15)10-14-2-3-17(29-6-14)22(26,27)28/h2-6,8,11,13H,7,9-10,12H2,1H3,(H,30,32,33)/t13-/m0/s1. The molecule has 14 heteroatoms. The molecule has 1 N–H and O–H groups in total. The summed E-state index contributed by atoms with van der Waals surface area (Å²) in [6, 6.07) is 3.59. The van der Waals surface area contributed by atoms with Gasteiger partial charge in [-0.2, -0.15) is 36.4 Å². The van der Waals surface area contributed by atoms with Crippen LogP contribution in [0, 0.1) is 0 Å². The number of rotatable bonds is 6. The Morgan fingerprint density at radius 1 is 1.03 bits per heavy atom. The molecule has 0 unspecified atom stereocenters. The summed E-state index contributed by atoms with van der Waals surface area (Å²) in [7, 11) is 0. The maximum Gasteiger partial charge on any atom is 0.433 e. The summed E-state index contributed by atoms with van der Waals surface area (Å²) < 4.78 is 81.1. The van der Waals surface area contributed by atoms with Gasteiger partial charge in [0.25, 0.3) is 0 Å². The summed E-state index contributed by atoms with van der Waals surface area (Å²) in [5.41, 5.74) is 1.39. The normalized spacial score (nSPS) is 16.1. The third-order valence-electron chi connectivity index (χ3n) is 5.80. The minimum Gasteiger partial charge on any atom is -0.350 e. The van der Waals surface area contributed by atoms with E-state index in [-0.39, 0.29) is 24.9 Å². The molecule has 1 atom stereocenters. The molecule has 5 rings (SSSR count). The van der Waals surface area contributed by atoms with Gasteiger partial charge in [0.1, 0.15) is 17.8 Å². The summed E-state index contributed by atoms with van der Waals surface area (Å²) in [4.78, 5) is 13.5. The van der Waals surface area contributed by atoms with Gasteiger partial charge in [0.05, 0.1) is 18.3 Å². The maximum atomic E-state index is 13.2. The molecular weight excluding hydrogens is 490 g/mol. The van der Waals surface area contributed by atoms with Crippen LogP contribution in [0.5, 0.6) is 0 Å². The lowest BCUT2D eigenvalue weighted by Gasteiger charge is -2.35. The molecule has 36 heavy (non-hydrogen) atoms. The topological polar surface area (TPSA) is 76.7 Å². The van der Waals surface area contributed by atoms with Crippen LogP contribution in [0.15, 0.2) is 43.0 Å². The van der Waals surface area contributed by atoms with Crippen molar-refractivity contribution in [2.45, 2.75) is 45.0 Å². The average molecular weight is 510 g/mol. The van der Waals surface area contributed by atoms with Gasteiger partial charge < -0.3 is 14.8 Å². The summed E-state index contributed by atoms with van der Waals surface area (Å²) in [6.45, 7) is 1.46. The van der Waals surface area contributed by atoms with E-state index in [0.717, 1.165) is 17.8 Å². The number of hydrogen-bond donors (Lipinski definition) is 1. The highest BCUT2D eigenvalue weighted by Gasteiger charge is 2.37. The van der Waals surface area contributed by atoms with Crippen LogP contribution >= 0.6 is 0 Å². The molecule has 0 bridgehead atoms. The van der Waals surface area contributed by atoms with Crippen molar-refractivity contribution in [1.82, 2.24) is 29.3 Å². The zero-order valence-corrected chi connectivity index (χ0v) is 18.8. The Hall–Kier alpha value is -3.84. The minimum atomic E-state index is -4.50. The van der Waals surface area contributed by atoms with Crippen molar-refractivity contribution in [3.8, 4) is 0 Å². The van der Waals surface area contributed by atoms with Gasteiger partial charge in [-0.05, 0) is 24.6 Å². The first-order valence-electron chi connectivity index (χ1n) is 10.9. The second-order valence-electron chi connectivity index (χ2n) is 8.61. The molecule has 0 fully saturated rings. The van der Waals surface area contributed by atoms with Gasteiger partial charge in [-0.1, -0.05) is 6.07 Å². The van der Waals surface area contributed by atoms with Crippen molar-refractivity contribution >= 4 is 22.8 Å². The molecule has 0 spiro atoms. The number of halogens is 6. The van der Waals surface area contributed by atoms with Gasteiger partial charge in [0.15, 0.2) is 5.82 Å². The summed E-state index contributed by atoms with van der Waals surface area (Å²) >= 11 is 0. The molecule has 0 saturated heterocycles. The summed E-state index contributed by atoms with van der Waals surface area (Å²) in [5.74, 6) is 0.394. The molecule has 4 aromatic heterocycles. The predicted molar refractivity (Wildman–Crippen MR) is 118 cm³/mol. The molecule has 0 aliphatic carbocycles. The lowest BCUT2D eigenvalue weighted by molar-refractivity contribution is -0.141. The van der Waals surface area contributed by atoms with Gasteiger partial charge >= 0.3 is 12.4 Å². The number of nitrogens with one attached hydrogen (secondary N) is 1. The van der Waals surface area contributed by atoms with Crippen LogP contribution in [-0.2, 0) is 25.8 Å². The van der Waals surface area contributed by atoms with E-state index >= 15 is 0 Å². The number of hydrogen-bond acceptors (Lipinski definition) is 6. The Bertz CT molecular complexity index is 1370. The molecule has 0 aromatic carbocycles. The molecular formula is C22H20F6N8.